The molecule has 8 nitrogen and oxygen atoms in total. The number of rotatable bonds is 6. The first kappa shape index (κ1) is 20.2. The zero-order valence-electron chi connectivity index (χ0n) is 16.7. The van der Waals surface area contributed by atoms with Gasteiger partial charge in [-0.1, -0.05) is 17.4 Å². The lowest BCUT2D eigenvalue weighted by molar-refractivity contribution is -0.122. The van der Waals surface area contributed by atoms with Gasteiger partial charge in [-0.2, -0.15) is 0 Å². The van der Waals surface area contributed by atoms with Crippen LogP contribution < -0.4 is 16.0 Å². The molecule has 4 heterocycles. The third-order valence-electron chi connectivity index (χ3n) is 5.19. The van der Waals surface area contributed by atoms with Gasteiger partial charge in [-0.3, -0.25) is 4.79 Å². The molecule has 1 saturated heterocycles. The summed E-state index contributed by atoms with van der Waals surface area (Å²) >= 11 is 1.58. The van der Waals surface area contributed by atoms with Crippen LogP contribution in [0.15, 0.2) is 42.7 Å². The molecule has 0 spiro atoms. The van der Waals surface area contributed by atoms with E-state index in [2.05, 4.69) is 25.2 Å². The SMILES string of the molecule is CC(O)c1ccnc(Nc2cccc(-c3cnc(N4CCC(C(N)=O)CC4)s3)n2)c1. The molecule has 156 valence electrons. The van der Waals surface area contributed by atoms with E-state index in [-0.39, 0.29) is 11.8 Å². The maximum atomic E-state index is 11.4. The van der Waals surface area contributed by atoms with Crippen LogP contribution in [-0.2, 0) is 4.79 Å². The van der Waals surface area contributed by atoms with Crippen LogP contribution >= 0.6 is 11.3 Å². The topological polar surface area (TPSA) is 117 Å². The van der Waals surface area contributed by atoms with Gasteiger partial charge in [0.25, 0.3) is 0 Å². The summed E-state index contributed by atoms with van der Waals surface area (Å²) in [6.07, 6.45) is 4.46. The standard InChI is InChI=1S/C21H24N6O2S/c1-13(28)15-5-8-23-19(11-15)26-18-4-2-3-16(25-18)17-12-24-21(30-17)27-9-6-14(7-10-27)20(22)29/h2-5,8,11-14,28H,6-7,9-10H2,1H3,(H2,22,29)(H,23,25,26). The van der Waals surface area contributed by atoms with Gasteiger partial charge in [-0.15, -0.1) is 0 Å². The summed E-state index contributed by atoms with van der Waals surface area (Å²) in [7, 11) is 0. The quantitative estimate of drug-likeness (QED) is 0.556. The maximum absolute atomic E-state index is 11.4. The number of anilines is 3. The van der Waals surface area contributed by atoms with E-state index in [0.717, 1.165) is 47.2 Å². The van der Waals surface area contributed by atoms with Gasteiger partial charge in [0.15, 0.2) is 5.13 Å². The minimum Gasteiger partial charge on any atom is -0.389 e. The second kappa shape index (κ2) is 8.76. The number of hydrogen-bond acceptors (Lipinski definition) is 8. The van der Waals surface area contributed by atoms with Crippen LogP contribution in [0.2, 0.25) is 0 Å². The highest BCUT2D eigenvalue weighted by atomic mass is 32.1. The number of nitrogens with two attached hydrogens (primary N) is 1. The number of piperidine rings is 1. The Balaban J connectivity index is 1.47. The first-order valence-electron chi connectivity index (χ1n) is 9.88. The first-order chi connectivity index (χ1) is 14.5. The number of carbonyl (C=O) groups excluding carboxylic acids is 1. The van der Waals surface area contributed by atoms with Gasteiger partial charge in [0.05, 0.1) is 16.7 Å². The fourth-order valence-corrected chi connectivity index (χ4v) is 4.37. The molecule has 1 fully saturated rings. The number of aliphatic hydroxyl groups is 1. The monoisotopic (exact) mass is 424 g/mol. The molecule has 30 heavy (non-hydrogen) atoms. The summed E-state index contributed by atoms with van der Waals surface area (Å²) < 4.78 is 0. The Morgan fingerprint density at radius 3 is 2.80 bits per heavy atom. The third kappa shape index (κ3) is 4.58. The number of amides is 1. The largest absolute Gasteiger partial charge is 0.389 e. The number of carbonyl (C=O) groups is 1. The summed E-state index contributed by atoms with van der Waals surface area (Å²) in [6, 6.07) is 9.34. The Labute approximate surface area is 178 Å². The summed E-state index contributed by atoms with van der Waals surface area (Å²) in [5, 5.41) is 13.9. The van der Waals surface area contributed by atoms with Crippen LogP contribution in [0.1, 0.15) is 31.4 Å². The molecular weight excluding hydrogens is 400 g/mol. The summed E-state index contributed by atoms with van der Waals surface area (Å²) in [5.74, 6) is 1.04. The van der Waals surface area contributed by atoms with Crippen molar-refractivity contribution in [3.63, 3.8) is 0 Å². The second-order valence-corrected chi connectivity index (χ2v) is 8.36. The van der Waals surface area contributed by atoms with Gasteiger partial charge < -0.3 is 21.1 Å². The molecule has 0 aliphatic carbocycles. The fraction of sp³-hybridized carbons (Fsp3) is 0.333. The number of aliphatic hydroxyl groups excluding tert-OH is 1. The highest BCUT2D eigenvalue weighted by Crippen LogP contribution is 2.33. The Morgan fingerprint density at radius 2 is 2.07 bits per heavy atom. The average molecular weight is 425 g/mol. The Bertz CT molecular complexity index is 1030. The predicted octanol–water partition coefficient (Wildman–Crippen LogP) is 3.10. The zero-order valence-corrected chi connectivity index (χ0v) is 17.5. The van der Waals surface area contributed by atoms with Crippen LogP contribution in [0.5, 0.6) is 0 Å². The zero-order chi connectivity index (χ0) is 21.1. The number of thiazole rings is 1. The van der Waals surface area contributed by atoms with E-state index in [4.69, 9.17) is 5.73 Å². The molecule has 0 saturated carbocycles. The molecule has 0 radical (unpaired) electrons. The number of pyridine rings is 2. The number of primary amides is 1. The Kier molecular flexibility index (Phi) is 5.91. The molecule has 0 bridgehead atoms. The minimum absolute atomic E-state index is 0.0361. The van der Waals surface area contributed by atoms with Crippen molar-refractivity contribution in [1.29, 1.82) is 0 Å². The van der Waals surface area contributed by atoms with E-state index in [9.17, 15) is 9.90 Å². The van der Waals surface area contributed by atoms with Gasteiger partial charge in [0.1, 0.15) is 11.6 Å². The molecule has 1 unspecified atom stereocenters. The molecule has 1 aliphatic heterocycles. The third-order valence-corrected chi connectivity index (χ3v) is 6.27. The summed E-state index contributed by atoms with van der Waals surface area (Å²) in [6.45, 7) is 3.28. The molecule has 9 heteroatoms. The maximum Gasteiger partial charge on any atom is 0.220 e. The van der Waals surface area contributed by atoms with E-state index in [0.29, 0.717) is 11.6 Å². The van der Waals surface area contributed by atoms with Crippen LogP contribution in [0.25, 0.3) is 10.6 Å². The van der Waals surface area contributed by atoms with Crippen molar-refractivity contribution in [2.75, 3.05) is 23.3 Å². The molecule has 1 atom stereocenters. The van der Waals surface area contributed by atoms with Gasteiger partial charge in [-0.25, -0.2) is 15.0 Å². The highest BCUT2D eigenvalue weighted by Gasteiger charge is 2.24. The molecule has 3 aromatic rings. The lowest BCUT2D eigenvalue weighted by Gasteiger charge is -2.30. The van der Waals surface area contributed by atoms with Crippen molar-refractivity contribution in [3.8, 4) is 10.6 Å². The fourth-order valence-electron chi connectivity index (χ4n) is 3.43. The van der Waals surface area contributed by atoms with Gasteiger partial charge >= 0.3 is 0 Å². The number of nitrogens with one attached hydrogen (secondary N) is 1. The molecule has 0 aromatic carbocycles. The average Bonchev–Trinajstić information content (AvgIpc) is 3.24. The van der Waals surface area contributed by atoms with E-state index in [1.165, 1.54) is 0 Å². The van der Waals surface area contributed by atoms with Crippen molar-refractivity contribution < 1.29 is 9.90 Å². The second-order valence-electron chi connectivity index (χ2n) is 7.35. The Hall–Kier alpha value is -3.04. The molecule has 1 aliphatic rings. The normalized spacial score (nSPS) is 15.7. The lowest BCUT2D eigenvalue weighted by atomic mass is 9.97. The Morgan fingerprint density at radius 1 is 1.27 bits per heavy atom. The molecule has 4 N–H and O–H groups in total. The molecule has 3 aromatic heterocycles. The molecule has 1 amide bonds. The summed E-state index contributed by atoms with van der Waals surface area (Å²) in [5.41, 5.74) is 7.03. The number of nitrogens with zero attached hydrogens (tertiary/aromatic N) is 4. The minimum atomic E-state index is -0.559. The predicted molar refractivity (Wildman–Crippen MR) is 118 cm³/mol. The van der Waals surface area contributed by atoms with Crippen molar-refractivity contribution in [2.24, 2.45) is 11.7 Å². The molecule has 4 rings (SSSR count). The van der Waals surface area contributed by atoms with Crippen LogP contribution in [0.3, 0.4) is 0 Å². The first-order valence-corrected chi connectivity index (χ1v) is 10.7. The molecular formula is C21H24N6O2S. The van der Waals surface area contributed by atoms with Gasteiger partial charge in [-0.05, 0) is 49.6 Å². The van der Waals surface area contributed by atoms with E-state index in [1.54, 1.807) is 36.6 Å². The van der Waals surface area contributed by atoms with Crippen molar-refractivity contribution in [1.82, 2.24) is 15.0 Å². The van der Waals surface area contributed by atoms with E-state index in [1.807, 2.05) is 24.4 Å². The van der Waals surface area contributed by atoms with E-state index < -0.39 is 6.10 Å². The number of hydrogen-bond donors (Lipinski definition) is 3. The highest BCUT2D eigenvalue weighted by molar-refractivity contribution is 7.18. The number of aromatic nitrogens is 3. The smallest absolute Gasteiger partial charge is 0.220 e. The van der Waals surface area contributed by atoms with E-state index >= 15 is 0 Å². The van der Waals surface area contributed by atoms with Crippen molar-refractivity contribution in [2.45, 2.75) is 25.9 Å². The van der Waals surface area contributed by atoms with Crippen molar-refractivity contribution >= 4 is 34.0 Å². The lowest BCUT2D eigenvalue weighted by Crippen LogP contribution is -2.38. The van der Waals surface area contributed by atoms with Crippen LogP contribution in [-0.4, -0.2) is 39.1 Å². The van der Waals surface area contributed by atoms with Gasteiger partial charge in [0.2, 0.25) is 5.91 Å². The summed E-state index contributed by atoms with van der Waals surface area (Å²) in [4.78, 5) is 28.1. The van der Waals surface area contributed by atoms with Crippen LogP contribution in [0.4, 0.5) is 16.8 Å². The van der Waals surface area contributed by atoms with Crippen molar-refractivity contribution in [3.05, 3.63) is 48.3 Å². The van der Waals surface area contributed by atoms with Crippen LogP contribution in [0, 0.1) is 5.92 Å². The van der Waals surface area contributed by atoms with Gasteiger partial charge in [0, 0.05) is 31.4 Å².